The third kappa shape index (κ3) is 3.63. The zero-order chi connectivity index (χ0) is 14.2. The molecule has 0 N–H and O–H groups in total. The second kappa shape index (κ2) is 6.58. The lowest BCUT2D eigenvalue weighted by Gasteiger charge is -2.17. The summed E-state index contributed by atoms with van der Waals surface area (Å²) < 4.78 is 3.54. The van der Waals surface area contributed by atoms with Crippen LogP contribution in [0, 0.1) is 17.4 Å². The molecule has 0 nitrogen and oxygen atoms in total. The minimum atomic E-state index is 0.198. The highest BCUT2D eigenvalue weighted by Gasteiger charge is 2.17. The first-order valence-electron chi connectivity index (χ1n) is 5.76. The molecule has 2 aromatic carbocycles. The maximum Gasteiger partial charge on any atom is 0.0658 e. The van der Waals surface area contributed by atoms with Gasteiger partial charge in [-0.3, -0.25) is 0 Å². The van der Waals surface area contributed by atoms with E-state index in [0.717, 1.165) is 8.95 Å². The first-order valence-corrected chi connectivity index (χ1v) is 9.34. The average molecular weight is 559 g/mol. The van der Waals surface area contributed by atoms with Crippen LogP contribution in [0.25, 0.3) is 0 Å². The summed E-state index contributed by atoms with van der Waals surface area (Å²) in [6.07, 6.45) is 0. The zero-order valence-electron chi connectivity index (χ0n) is 10.5. The van der Waals surface area contributed by atoms with E-state index in [4.69, 9.17) is 0 Å². The predicted molar refractivity (Wildman–Crippen MR) is 101 cm³/mol. The summed E-state index contributed by atoms with van der Waals surface area (Å²) in [5, 5.41) is 0. The fourth-order valence-electron chi connectivity index (χ4n) is 1.95. The lowest BCUT2D eigenvalue weighted by molar-refractivity contribution is 1.12. The van der Waals surface area contributed by atoms with Crippen LogP contribution in [-0.4, -0.2) is 0 Å². The molecule has 0 saturated carbocycles. The fourth-order valence-corrected chi connectivity index (χ4v) is 4.58. The summed E-state index contributed by atoms with van der Waals surface area (Å²) >= 11 is 13.4. The Bertz CT molecular complexity index is 623. The third-order valence-corrected chi connectivity index (χ3v) is 6.29. The Morgan fingerprint density at radius 2 is 1.58 bits per heavy atom. The highest BCUT2D eigenvalue weighted by atomic mass is 127. The van der Waals surface area contributed by atoms with E-state index >= 15 is 0 Å². The molecule has 2 aromatic rings. The van der Waals surface area contributed by atoms with Crippen LogP contribution in [0.3, 0.4) is 0 Å². The van der Waals surface area contributed by atoms with E-state index in [1.165, 1.54) is 25.8 Å². The first-order chi connectivity index (χ1) is 8.90. The molecule has 19 heavy (non-hydrogen) atoms. The molecule has 1 atom stereocenters. The van der Waals surface area contributed by atoms with E-state index in [1.807, 2.05) is 0 Å². The molecule has 2 rings (SSSR count). The second-order valence-electron chi connectivity index (χ2n) is 4.49. The molecule has 0 amide bonds. The minimum Gasteiger partial charge on any atom is -0.0786 e. The Morgan fingerprint density at radius 1 is 0.895 bits per heavy atom. The Hall–Kier alpha value is 0.610. The molecule has 0 aliphatic heterocycles. The largest absolute Gasteiger partial charge is 0.0786 e. The van der Waals surface area contributed by atoms with E-state index in [9.17, 15) is 0 Å². The van der Waals surface area contributed by atoms with Gasteiger partial charge in [0.2, 0.25) is 0 Å². The number of alkyl halides is 1. The van der Waals surface area contributed by atoms with Gasteiger partial charge in [0.15, 0.2) is 0 Å². The maximum absolute atomic E-state index is 3.84. The van der Waals surface area contributed by atoms with Crippen molar-refractivity contribution in [2.75, 3.05) is 0 Å². The molecular formula is C15H12Br3I. The van der Waals surface area contributed by atoms with Crippen molar-refractivity contribution in [3.8, 4) is 0 Å². The van der Waals surface area contributed by atoms with Gasteiger partial charge in [0.1, 0.15) is 0 Å². The number of aryl methyl sites for hydroxylation is 2. The topological polar surface area (TPSA) is 0 Å². The van der Waals surface area contributed by atoms with E-state index < -0.39 is 0 Å². The van der Waals surface area contributed by atoms with Crippen molar-refractivity contribution in [3.05, 3.63) is 65.1 Å². The SMILES string of the molecule is Cc1cc(C(Br)c2cc(I)ccc2Br)c(C)cc1Br. The molecule has 0 saturated heterocycles. The molecule has 0 aliphatic rings. The first kappa shape index (κ1) is 16.0. The van der Waals surface area contributed by atoms with Gasteiger partial charge >= 0.3 is 0 Å². The highest BCUT2D eigenvalue weighted by Crippen LogP contribution is 2.39. The Labute approximate surface area is 152 Å². The number of hydrogen-bond donors (Lipinski definition) is 0. The van der Waals surface area contributed by atoms with Crippen molar-refractivity contribution in [2.45, 2.75) is 18.7 Å². The van der Waals surface area contributed by atoms with Crippen LogP contribution >= 0.6 is 70.4 Å². The van der Waals surface area contributed by atoms with Gasteiger partial charge in [-0.1, -0.05) is 53.9 Å². The Kier molecular flexibility index (Phi) is 5.54. The molecule has 0 bridgehead atoms. The number of hydrogen-bond acceptors (Lipinski definition) is 0. The van der Waals surface area contributed by atoms with Gasteiger partial charge in [0, 0.05) is 12.5 Å². The summed E-state index contributed by atoms with van der Waals surface area (Å²) in [5.74, 6) is 0. The molecule has 0 radical (unpaired) electrons. The van der Waals surface area contributed by atoms with Gasteiger partial charge in [0.25, 0.3) is 0 Å². The lowest BCUT2D eigenvalue weighted by Crippen LogP contribution is -1.99. The number of benzene rings is 2. The van der Waals surface area contributed by atoms with Crippen molar-refractivity contribution in [1.29, 1.82) is 0 Å². The maximum atomic E-state index is 3.84. The normalized spacial score (nSPS) is 12.5. The molecule has 0 aliphatic carbocycles. The minimum absolute atomic E-state index is 0.198. The Morgan fingerprint density at radius 3 is 2.26 bits per heavy atom. The highest BCUT2D eigenvalue weighted by molar-refractivity contribution is 14.1. The average Bonchev–Trinajstić information content (AvgIpc) is 2.36. The summed E-state index contributed by atoms with van der Waals surface area (Å²) in [6.45, 7) is 4.27. The molecule has 100 valence electrons. The predicted octanol–water partition coefficient (Wildman–Crippen LogP) is 6.92. The molecular weight excluding hydrogens is 547 g/mol. The van der Waals surface area contributed by atoms with Crippen molar-refractivity contribution in [2.24, 2.45) is 0 Å². The van der Waals surface area contributed by atoms with Crippen LogP contribution in [0.4, 0.5) is 0 Å². The Balaban J connectivity index is 2.52. The van der Waals surface area contributed by atoms with Crippen LogP contribution in [0.5, 0.6) is 0 Å². The second-order valence-corrected chi connectivity index (χ2v) is 8.36. The summed E-state index contributed by atoms with van der Waals surface area (Å²) in [4.78, 5) is 0.198. The van der Waals surface area contributed by atoms with Crippen LogP contribution in [-0.2, 0) is 0 Å². The van der Waals surface area contributed by atoms with Crippen LogP contribution in [0.2, 0.25) is 0 Å². The third-order valence-electron chi connectivity index (χ3n) is 3.05. The van der Waals surface area contributed by atoms with E-state index in [-0.39, 0.29) is 4.83 Å². The number of rotatable bonds is 2. The van der Waals surface area contributed by atoms with E-state index in [0.29, 0.717) is 0 Å². The molecule has 1 unspecified atom stereocenters. The van der Waals surface area contributed by atoms with E-state index in [1.54, 1.807) is 0 Å². The van der Waals surface area contributed by atoms with Crippen LogP contribution in [0.15, 0.2) is 39.3 Å². The van der Waals surface area contributed by atoms with Crippen molar-refractivity contribution < 1.29 is 0 Å². The summed E-state index contributed by atoms with van der Waals surface area (Å²) in [6, 6.07) is 10.8. The molecule has 0 spiro atoms. The summed E-state index contributed by atoms with van der Waals surface area (Å²) in [7, 11) is 0. The lowest BCUT2D eigenvalue weighted by atomic mass is 9.98. The zero-order valence-corrected chi connectivity index (χ0v) is 17.4. The van der Waals surface area contributed by atoms with Crippen molar-refractivity contribution >= 4 is 70.4 Å². The molecule has 0 heterocycles. The fraction of sp³-hybridized carbons (Fsp3) is 0.200. The van der Waals surface area contributed by atoms with Crippen LogP contribution in [0.1, 0.15) is 27.1 Å². The van der Waals surface area contributed by atoms with Gasteiger partial charge in [-0.25, -0.2) is 0 Å². The van der Waals surface area contributed by atoms with Gasteiger partial charge < -0.3 is 0 Å². The van der Waals surface area contributed by atoms with Gasteiger partial charge in [-0.05, 0) is 83.0 Å². The summed E-state index contributed by atoms with van der Waals surface area (Å²) in [5.41, 5.74) is 5.11. The molecule has 0 fully saturated rings. The van der Waals surface area contributed by atoms with E-state index in [2.05, 4.69) is 115 Å². The standard InChI is InChI=1S/C15H12Br3I/c1-8-6-14(17)9(2)5-11(8)15(18)12-7-10(19)3-4-13(12)16/h3-7,15H,1-2H3. The van der Waals surface area contributed by atoms with Gasteiger partial charge in [0.05, 0.1) is 4.83 Å². The molecule has 4 heteroatoms. The van der Waals surface area contributed by atoms with Crippen molar-refractivity contribution in [3.63, 3.8) is 0 Å². The monoisotopic (exact) mass is 556 g/mol. The molecule has 0 aromatic heterocycles. The van der Waals surface area contributed by atoms with Crippen LogP contribution < -0.4 is 0 Å². The number of halogens is 4. The quantitative estimate of drug-likeness (QED) is 0.277. The van der Waals surface area contributed by atoms with Gasteiger partial charge in [-0.2, -0.15) is 0 Å². The smallest absolute Gasteiger partial charge is 0.0658 e. The van der Waals surface area contributed by atoms with Crippen molar-refractivity contribution in [1.82, 2.24) is 0 Å². The van der Waals surface area contributed by atoms with Gasteiger partial charge in [-0.15, -0.1) is 0 Å².